The van der Waals surface area contributed by atoms with Crippen LogP contribution in [-0.2, 0) is 9.59 Å². The lowest BCUT2D eigenvalue weighted by molar-refractivity contribution is -0.130. The third-order valence-corrected chi connectivity index (χ3v) is 2.97. The van der Waals surface area contributed by atoms with E-state index in [1.807, 2.05) is 52.0 Å². The Morgan fingerprint density at radius 3 is 2.48 bits per heavy atom. The number of carbonyl (C=O) groups is 2. The highest BCUT2D eigenvalue weighted by Gasteiger charge is 2.15. The molecule has 0 saturated heterocycles. The number of hydrogen-bond donors (Lipinski definition) is 1. The van der Waals surface area contributed by atoms with Crippen molar-refractivity contribution in [1.29, 1.82) is 0 Å². The third kappa shape index (κ3) is 5.81. The van der Waals surface area contributed by atoms with E-state index < -0.39 is 0 Å². The van der Waals surface area contributed by atoms with Crippen molar-refractivity contribution in [2.45, 2.75) is 34.1 Å². The first kappa shape index (κ1) is 17.0. The maximum absolute atomic E-state index is 12.1. The normalized spacial score (nSPS) is 9.90. The van der Waals surface area contributed by atoms with E-state index in [0.29, 0.717) is 6.54 Å². The predicted molar refractivity (Wildman–Crippen MR) is 86.1 cm³/mol. The quantitative estimate of drug-likeness (QED) is 0.818. The number of carbonyl (C=O) groups excluding carboxylic acids is 2. The number of aryl methyl sites for hydroxylation is 1. The molecule has 114 valence electrons. The minimum absolute atomic E-state index is 0.0742. The van der Waals surface area contributed by atoms with Crippen LogP contribution in [0.4, 0.5) is 5.69 Å². The Balaban J connectivity index is 2.71. The lowest BCUT2D eigenvalue weighted by Gasteiger charge is -2.20. The Labute approximate surface area is 126 Å². The molecule has 0 atom stereocenters. The van der Waals surface area contributed by atoms with Gasteiger partial charge in [-0.05, 0) is 38.8 Å². The molecule has 0 aliphatic rings. The molecular weight excluding hydrogens is 264 g/mol. The summed E-state index contributed by atoms with van der Waals surface area (Å²) in [6.07, 6.45) is 2.39. The largest absolute Gasteiger partial charge is 0.330 e. The van der Waals surface area contributed by atoms with Crippen molar-refractivity contribution in [1.82, 2.24) is 4.90 Å². The van der Waals surface area contributed by atoms with Crippen LogP contribution >= 0.6 is 0 Å². The first-order valence-electron chi connectivity index (χ1n) is 7.23. The number of nitrogens with zero attached hydrogens (tertiary/aromatic N) is 1. The summed E-state index contributed by atoms with van der Waals surface area (Å²) in [5.74, 6) is -0.287. The molecule has 1 aromatic rings. The molecule has 4 heteroatoms. The van der Waals surface area contributed by atoms with Gasteiger partial charge < -0.3 is 10.2 Å². The molecule has 0 aromatic heterocycles. The molecule has 0 bridgehead atoms. The molecule has 0 unspecified atom stereocenters. The van der Waals surface area contributed by atoms with Crippen LogP contribution in [0.15, 0.2) is 35.9 Å². The van der Waals surface area contributed by atoms with Gasteiger partial charge in [-0.1, -0.05) is 30.7 Å². The van der Waals surface area contributed by atoms with Gasteiger partial charge in [-0.25, -0.2) is 0 Å². The summed E-state index contributed by atoms with van der Waals surface area (Å²) in [7, 11) is 0. The maximum atomic E-state index is 12.1. The van der Waals surface area contributed by atoms with Gasteiger partial charge in [-0.15, -0.1) is 0 Å². The van der Waals surface area contributed by atoms with Crippen molar-refractivity contribution in [2.24, 2.45) is 0 Å². The first-order chi connectivity index (χ1) is 9.93. The minimum atomic E-state index is -0.173. The second kappa shape index (κ2) is 8.25. The molecule has 0 aliphatic carbocycles. The summed E-state index contributed by atoms with van der Waals surface area (Å²) in [6, 6.07) is 7.59. The number of amides is 2. The zero-order valence-electron chi connectivity index (χ0n) is 13.3. The van der Waals surface area contributed by atoms with Gasteiger partial charge in [-0.3, -0.25) is 9.59 Å². The summed E-state index contributed by atoms with van der Waals surface area (Å²) in [5.41, 5.74) is 2.72. The number of hydrogen-bond acceptors (Lipinski definition) is 2. The summed E-state index contributed by atoms with van der Waals surface area (Å²) in [4.78, 5) is 25.8. The Bertz CT molecular complexity index is 531. The van der Waals surface area contributed by atoms with Crippen molar-refractivity contribution < 1.29 is 9.59 Å². The van der Waals surface area contributed by atoms with E-state index in [1.165, 1.54) is 0 Å². The summed E-state index contributed by atoms with van der Waals surface area (Å²) in [5, 5.41) is 2.85. The summed E-state index contributed by atoms with van der Waals surface area (Å²) < 4.78 is 0. The average Bonchev–Trinajstić information content (AvgIpc) is 2.40. The smallest absolute Gasteiger partial charge is 0.246 e. The Kier molecular flexibility index (Phi) is 6.66. The fourth-order valence-electron chi connectivity index (χ4n) is 1.95. The molecule has 0 fully saturated rings. The summed E-state index contributed by atoms with van der Waals surface area (Å²) in [6.45, 7) is 8.31. The molecule has 0 saturated carbocycles. The van der Waals surface area contributed by atoms with Crippen LogP contribution in [0.3, 0.4) is 0 Å². The summed E-state index contributed by atoms with van der Waals surface area (Å²) >= 11 is 0. The van der Waals surface area contributed by atoms with Crippen LogP contribution in [-0.4, -0.2) is 29.8 Å². The van der Waals surface area contributed by atoms with Crippen molar-refractivity contribution in [3.8, 4) is 0 Å². The lowest BCUT2D eigenvalue weighted by atomic mass is 10.2. The number of rotatable bonds is 6. The Morgan fingerprint density at radius 2 is 1.90 bits per heavy atom. The number of para-hydroxylation sites is 1. The van der Waals surface area contributed by atoms with E-state index >= 15 is 0 Å². The first-order valence-corrected chi connectivity index (χ1v) is 7.23. The van der Waals surface area contributed by atoms with E-state index in [1.54, 1.807) is 11.0 Å². The molecule has 0 heterocycles. The van der Waals surface area contributed by atoms with Crippen LogP contribution in [0.25, 0.3) is 0 Å². The van der Waals surface area contributed by atoms with Crippen LogP contribution in [0, 0.1) is 6.92 Å². The van der Waals surface area contributed by atoms with E-state index in [2.05, 4.69) is 5.32 Å². The van der Waals surface area contributed by atoms with E-state index in [4.69, 9.17) is 0 Å². The number of anilines is 1. The number of nitrogens with one attached hydrogen (secondary N) is 1. The SMILES string of the molecule is CCCN(CC(=O)Nc1ccccc1C)C(=O)C=C(C)C. The standard InChI is InChI=1S/C17H24N2O2/c1-5-10-19(17(21)11-13(2)3)12-16(20)18-15-9-7-6-8-14(15)4/h6-9,11H,5,10,12H2,1-4H3,(H,18,20). The number of benzene rings is 1. The van der Waals surface area contributed by atoms with E-state index in [-0.39, 0.29) is 18.4 Å². The van der Waals surface area contributed by atoms with Crippen LogP contribution in [0.2, 0.25) is 0 Å². The second-order valence-electron chi connectivity index (χ2n) is 5.34. The van der Waals surface area contributed by atoms with Crippen molar-refractivity contribution in [2.75, 3.05) is 18.4 Å². The fraction of sp³-hybridized carbons (Fsp3) is 0.412. The monoisotopic (exact) mass is 288 g/mol. The van der Waals surface area contributed by atoms with Crippen LogP contribution in [0.1, 0.15) is 32.8 Å². The minimum Gasteiger partial charge on any atom is -0.330 e. The van der Waals surface area contributed by atoms with Crippen molar-refractivity contribution >= 4 is 17.5 Å². The van der Waals surface area contributed by atoms with Crippen molar-refractivity contribution in [3.63, 3.8) is 0 Å². The average molecular weight is 288 g/mol. The van der Waals surface area contributed by atoms with Gasteiger partial charge in [0.25, 0.3) is 0 Å². The molecule has 1 rings (SSSR count). The predicted octanol–water partition coefficient (Wildman–Crippen LogP) is 3.14. The van der Waals surface area contributed by atoms with Gasteiger partial charge in [-0.2, -0.15) is 0 Å². The van der Waals surface area contributed by atoms with Crippen LogP contribution < -0.4 is 5.32 Å². The van der Waals surface area contributed by atoms with Crippen molar-refractivity contribution in [3.05, 3.63) is 41.5 Å². The molecule has 1 N–H and O–H groups in total. The molecule has 2 amide bonds. The fourth-order valence-corrected chi connectivity index (χ4v) is 1.95. The van der Waals surface area contributed by atoms with Gasteiger partial charge in [0, 0.05) is 18.3 Å². The lowest BCUT2D eigenvalue weighted by Crippen LogP contribution is -2.37. The zero-order chi connectivity index (χ0) is 15.8. The van der Waals surface area contributed by atoms with E-state index in [9.17, 15) is 9.59 Å². The van der Waals surface area contributed by atoms with Gasteiger partial charge in [0.05, 0.1) is 0 Å². The van der Waals surface area contributed by atoms with Gasteiger partial charge in [0.15, 0.2) is 0 Å². The highest BCUT2D eigenvalue weighted by molar-refractivity contribution is 5.97. The molecular formula is C17H24N2O2. The van der Waals surface area contributed by atoms with Gasteiger partial charge in [0.1, 0.15) is 6.54 Å². The Hall–Kier alpha value is -2.10. The maximum Gasteiger partial charge on any atom is 0.246 e. The number of allylic oxidation sites excluding steroid dienone is 1. The van der Waals surface area contributed by atoms with E-state index in [0.717, 1.165) is 23.2 Å². The molecule has 1 aromatic carbocycles. The topological polar surface area (TPSA) is 49.4 Å². The molecule has 0 spiro atoms. The molecule has 4 nitrogen and oxygen atoms in total. The Morgan fingerprint density at radius 1 is 1.24 bits per heavy atom. The highest BCUT2D eigenvalue weighted by Crippen LogP contribution is 2.13. The van der Waals surface area contributed by atoms with Gasteiger partial charge >= 0.3 is 0 Å². The van der Waals surface area contributed by atoms with Crippen LogP contribution in [0.5, 0.6) is 0 Å². The molecule has 0 radical (unpaired) electrons. The zero-order valence-corrected chi connectivity index (χ0v) is 13.3. The molecule has 0 aliphatic heterocycles. The third-order valence-electron chi connectivity index (χ3n) is 2.97. The highest BCUT2D eigenvalue weighted by atomic mass is 16.2. The second-order valence-corrected chi connectivity index (χ2v) is 5.34. The molecule has 21 heavy (non-hydrogen) atoms. The van der Waals surface area contributed by atoms with Gasteiger partial charge in [0.2, 0.25) is 11.8 Å².